The van der Waals surface area contributed by atoms with Gasteiger partial charge < -0.3 is 10.2 Å². The molecule has 0 bridgehead atoms. The van der Waals surface area contributed by atoms with Crippen LogP contribution in [0.25, 0.3) is 0 Å². The summed E-state index contributed by atoms with van der Waals surface area (Å²) in [4.78, 5) is 27.7. The first-order valence-corrected chi connectivity index (χ1v) is 6.65. The standard InChI is InChI=1S/C14H17N3O2/c18-13-11-3-1-2-4-12(11)17(14(13)19)10-9-16-7-5-15-6-8-16/h1-4,15H,5-10H2. The minimum atomic E-state index is -0.392. The van der Waals surface area contributed by atoms with Gasteiger partial charge >= 0.3 is 0 Å². The van der Waals surface area contributed by atoms with Crippen LogP contribution in [0.15, 0.2) is 24.3 Å². The summed E-state index contributed by atoms with van der Waals surface area (Å²) < 4.78 is 0. The molecule has 0 spiro atoms. The van der Waals surface area contributed by atoms with Crippen molar-refractivity contribution in [2.45, 2.75) is 0 Å². The van der Waals surface area contributed by atoms with E-state index in [-0.39, 0.29) is 5.78 Å². The number of anilines is 1. The van der Waals surface area contributed by atoms with Crippen molar-refractivity contribution in [3.63, 3.8) is 0 Å². The fourth-order valence-corrected chi connectivity index (χ4v) is 2.65. The van der Waals surface area contributed by atoms with Crippen molar-refractivity contribution < 1.29 is 9.59 Å². The molecular weight excluding hydrogens is 242 g/mol. The van der Waals surface area contributed by atoms with Crippen LogP contribution in [-0.4, -0.2) is 55.9 Å². The lowest BCUT2D eigenvalue weighted by Crippen LogP contribution is -2.47. The van der Waals surface area contributed by atoms with Gasteiger partial charge in [-0.3, -0.25) is 14.5 Å². The molecule has 0 unspecified atom stereocenters. The zero-order chi connectivity index (χ0) is 13.2. The molecule has 3 rings (SSSR count). The maximum Gasteiger partial charge on any atom is 0.299 e. The maximum absolute atomic E-state index is 12.0. The zero-order valence-electron chi connectivity index (χ0n) is 10.8. The Labute approximate surface area is 112 Å². The molecule has 1 N–H and O–H groups in total. The van der Waals surface area contributed by atoms with Gasteiger partial charge in [-0.05, 0) is 12.1 Å². The van der Waals surface area contributed by atoms with Gasteiger partial charge in [0.1, 0.15) is 0 Å². The largest absolute Gasteiger partial charge is 0.314 e. The Morgan fingerprint density at radius 1 is 1.05 bits per heavy atom. The van der Waals surface area contributed by atoms with E-state index in [1.165, 1.54) is 0 Å². The number of rotatable bonds is 3. The highest BCUT2D eigenvalue weighted by Gasteiger charge is 2.35. The van der Waals surface area contributed by atoms with Crippen LogP contribution in [0.3, 0.4) is 0 Å². The Morgan fingerprint density at radius 2 is 1.79 bits per heavy atom. The molecule has 1 amide bonds. The number of nitrogens with one attached hydrogen (secondary N) is 1. The Bertz CT molecular complexity index is 509. The lowest BCUT2D eigenvalue weighted by atomic mass is 10.1. The molecule has 19 heavy (non-hydrogen) atoms. The molecule has 2 aliphatic rings. The van der Waals surface area contributed by atoms with E-state index in [4.69, 9.17) is 0 Å². The Morgan fingerprint density at radius 3 is 2.58 bits per heavy atom. The molecule has 0 saturated carbocycles. The normalized spacial score (nSPS) is 19.9. The van der Waals surface area contributed by atoms with E-state index in [2.05, 4.69) is 10.2 Å². The van der Waals surface area contributed by atoms with Gasteiger partial charge in [0.05, 0.1) is 11.3 Å². The third-order valence-corrected chi connectivity index (χ3v) is 3.73. The van der Waals surface area contributed by atoms with E-state index in [0.717, 1.165) is 38.4 Å². The minimum absolute atomic E-state index is 0.379. The molecule has 0 radical (unpaired) electrons. The summed E-state index contributed by atoms with van der Waals surface area (Å²) in [5.41, 5.74) is 1.29. The van der Waals surface area contributed by atoms with E-state index < -0.39 is 5.91 Å². The van der Waals surface area contributed by atoms with Crippen molar-refractivity contribution in [1.82, 2.24) is 10.2 Å². The summed E-state index contributed by atoms with van der Waals surface area (Å²) in [6.07, 6.45) is 0. The smallest absolute Gasteiger partial charge is 0.299 e. The predicted molar refractivity (Wildman–Crippen MR) is 72.4 cm³/mol. The van der Waals surface area contributed by atoms with Gasteiger partial charge in [-0.15, -0.1) is 0 Å². The van der Waals surface area contributed by atoms with Crippen LogP contribution in [-0.2, 0) is 4.79 Å². The first kappa shape index (κ1) is 12.3. The van der Waals surface area contributed by atoms with Gasteiger partial charge in [0.2, 0.25) is 0 Å². The van der Waals surface area contributed by atoms with Gasteiger partial charge in [-0.2, -0.15) is 0 Å². The van der Waals surface area contributed by atoms with Crippen LogP contribution < -0.4 is 10.2 Å². The molecular formula is C14H17N3O2. The first-order valence-electron chi connectivity index (χ1n) is 6.65. The zero-order valence-corrected chi connectivity index (χ0v) is 10.8. The van der Waals surface area contributed by atoms with Crippen LogP contribution in [0.4, 0.5) is 5.69 Å². The van der Waals surface area contributed by atoms with Crippen LogP contribution in [0.5, 0.6) is 0 Å². The molecule has 5 heteroatoms. The van der Waals surface area contributed by atoms with Gasteiger partial charge in [0.15, 0.2) is 0 Å². The average molecular weight is 259 g/mol. The summed E-state index contributed by atoms with van der Waals surface area (Å²) in [6, 6.07) is 7.22. The van der Waals surface area contributed by atoms with Crippen molar-refractivity contribution in [2.75, 3.05) is 44.2 Å². The highest BCUT2D eigenvalue weighted by Crippen LogP contribution is 2.28. The van der Waals surface area contributed by atoms with Gasteiger partial charge in [0, 0.05) is 39.3 Å². The molecule has 1 fully saturated rings. The number of carbonyl (C=O) groups excluding carboxylic acids is 2. The van der Waals surface area contributed by atoms with E-state index in [9.17, 15) is 9.59 Å². The van der Waals surface area contributed by atoms with Crippen LogP contribution >= 0.6 is 0 Å². The van der Waals surface area contributed by atoms with Crippen LogP contribution in [0, 0.1) is 0 Å². The van der Waals surface area contributed by atoms with E-state index in [1.54, 1.807) is 17.0 Å². The summed E-state index contributed by atoms with van der Waals surface area (Å²) >= 11 is 0. The number of Topliss-reactive ketones (excluding diaryl/α,β-unsaturated/α-hetero) is 1. The highest BCUT2D eigenvalue weighted by molar-refractivity contribution is 6.52. The molecule has 2 aliphatic heterocycles. The fourth-order valence-electron chi connectivity index (χ4n) is 2.65. The summed E-state index contributed by atoms with van der Waals surface area (Å²) in [5, 5.41) is 3.30. The van der Waals surface area contributed by atoms with Crippen LogP contribution in [0.1, 0.15) is 10.4 Å². The molecule has 0 atom stereocenters. The second-order valence-electron chi connectivity index (χ2n) is 4.89. The Balaban J connectivity index is 1.71. The number of amides is 1. The second-order valence-corrected chi connectivity index (χ2v) is 4.89. The lowest BCUT2D eigenvalue weighted by Gasteiger charge is -2.29. The van der Waals surface area contributed by atoms with Crippen molar-refractivity contribution in [2.24, 2.45) is 0 Å². The molecule has 5 nitrogen and oxygen atoms in total. The monoisotopic (exact) mass is 259 g/mol. The van der Waals surface area contributed by atoms with Gasteiger partial charge in [0.25, 0.3) is 11.7 Å². The van der Waals surface area contributed by atoms with E-state index in [1.807, 2.05) is 12.1 Å². The van der Waals surface area contributed by atoms with Crippen LogP contribution in [0.2, 0.25) is 0 Å². The number of hydrogen-bond donors (Lipinski definition) is 1. The molecule has 2 heterocycles. The number of hydrogen-bond acceptors (Lipinski definition) is 4. The number of carbonyl (C=O) groups is 2. The third kappa shape index (κ3) is 2.27. The van der Waals surface area contributed by atoms with Crippen molar-refractivity contribution in [3.8, 4) is 0 Å². The maximum atomic E-state index is 12.0. The molecule has 1 saturated heterocycles. The highest BCUT2D eigenvalue weighted by atomic mass is 16.2. The van der Waals surface area contributed by atoms with Crippen molar-refractivity contribution in [1.29, 1.82) is 0 Å². The number of nitrogens with zero attached hydrogens (tertiary/aromatic N) is 2. The topological polar surface area (TPSA) is 52.7 Å². The van der Waals surface area contributed by atoms with E-state index >= 15 is 0 Å². The third-order valence-electron chi connectivity index (χ3n) is 3.73. The van der Waals surface area contributed by atoms with Gasteiger partial charge in [-0.25, -0.2) is 0 Å². The summed E-state index contributed by atoms with van der Waals surface area (Å²) in [6.45, 7) is 5.37. The molecule has 0 aromatic heterocycles. The molecule has 1 aromatic rings. The SMILES string of the molecule is O=C1C(=O)N(CCN2CCNCC2)c2ccccc21. The molecule has 1 aromatic carbocycles. The quantitative estimate of drug-likeness (QED) is 0.784. The summed E-state index contributed by atoms with van der Waals surface area (Å²) in [7, 11) is 0. The Kier molecular flexibility index (Phi) is 3.31. The summed E-state index contributed by atoms with van der Waals surface area (Å²) in [5.74, 6) is -0.771. The van der Waals surface area contributed by atoms with E-state index in [0.29, 0.717) is 12.1 Å². The Hall–Kier alpha value is -1.72. The lowest BCUT2D eigenvalue weighted by molar-refractivity contribution is -0.114. The first-order chi connectivity index (χ1) is 9.27. The average Bonchev–Trinajstić information content (AvgIpc) is 2.71. The number of para-hydroxylation sites is 1. The number of ketones is 1. The van der Waals surface area contributed by atoms with Crippen molar-refractivity contribution >= 4 is 17.4 Å². The molecule has 0 aliphatic carbocycles. The minimum Gasteiger partial charge on any atom is -0.314 e. The predicted octanol–water partition coefficient (Wildman–Crippen LogP) is 0.121. The number of benzene rings is 1. The number of fused-ring (bicyclic) bond motifs is 1. The number of piperazine rings is 1. The van der Waals surface area contributed by atoms with Crippen molar-refractivity contribution in [3.05, 3.63) is 29.8 Å². The fraction of sp³-hybridized carbons (Fsp3) is 0.429. The van der Waals surface area contributed by atoms with Gasteiger partial charge in [-0.1, -0.05) is 12.1 Å². The second kappa shape index (κ2) is 5.11. The molecule has 100 valence electrons.